The number of nitrogens with zero attached hydrogens (tertiary/aromatic N) is 2. The first-order valence-electron chi connectivity index (χ1n) is 10.8. The van der Waals surface area contributed by atoms with Gasteiger partial charge in [0, 0.05) is 44.4 Å². The minimum Gasteiger partial charge on any atom is -0.492 e. The highest BCUT2D eigenvalue weighted by molar-refractivity contribution is 6.38. The number of ether oxygens (including phenoxy) is 2. The average Bonchev–Trinajstić information content (AvgIpc) is 3.44. The van der Waals surface area contributed by atoms with Gasteiger partial charge in [0.05, 0.1) is 18.0 Å². The van der Waals surface area contributed by atoms with Crippen molar-refractivity contribution < 1.29 is 31.9 Å². The van der Waals surface area contributed by atoms with Crippen molar-refractivity contribution in [2.75, 3.05) is 38.3 Å². The fourth-order valence-corrected chi connectivity index (χ4v) is 5.19. The first kappa shape index (κ1) is 22.1. The number of rotatable bonds is 6. The molecule has 2 aromatic rings. The van der Waals surface area contributed by atoms with Crippen LogP contribution in [0.2, 0.25) is 0 Å². The molecule has 1 aromatic carbocycles. The highest BCUT2D eigenvalue weighted by atomic mass is 19.2. The molecule has 2 unspecified atom stereocenters. The van der Waals surface area contributed by atoms with Gasteiger partial charge in [-0.25, -0.2) is 17.8 Å². The molecule has 1 aromatic heterocycles. The minimum atomic E-state index is -3.37. The van der Waals surface area contributed by atoms with Crippen LogP contribution in [0.5, 0.6) is 5.75 Å². The lowest BCUT2D eigenvalue weighted by atomic mass is 9.91. The Labute approximate surface area is 187 Å². The molecule has 3 heterocycles. The van der Waals surface area contributed by atoms with Crippen LogP contribution in [-0.2, 0) is 9.39 Å². The molecule has 1 saturated carbocycles. The van der Waals surface area contributed by atoms with Gasteiger partial charge in [-0.1, -0.05) is 0 Å². The third-order valence-electron chi connectivity index (χ3n) is 6.92. The number of aromatic nitrogens is 1. The van der Waals surface area contributed by atoms with E-state index < -0.39 is 35.8 Å². The Morgan fingerprint density at radius 3 is 2.73 bits per heavy atom. The van der Waals surface area contributed by atoms with E-state index in [-0.39, 0.29) is 28.8 Å². The summed E-state index contributed by atoms with van der Waals surface area (Å²) in [6.45, 7) is 1.79. The third kappa shape index (κ3) is 3.47. The minimum absolute atomic E-state index is 0.0740. The third-order valence-corrected chi connectivity index (χ3v) is 6.92. The highest BCUT2D eigenvalue weighted by Crippen LogP contribution is 2.47. The van der Waals surface area contributed by atoms with Gasteiger partial charge in [-0.2, -0.15) is 0 Å². The molecule has 0 amide bonds. The van der Waals surface area contributed by atoms with E-state index >= 15 is 4.39 Å². The van der Waals surface area contributed by atoms with Crippen molar-refractivity contribution in [2.45, 2.75) is 30.9 Å². The second-order valence-corrected chi connectivity index (χ2v) is 8.80. The summed E-state index contributed by atoms with van der Waals surface area (Å²) in [6.07, 6.45) is 3.54. The van der Waals surface area contributed by atoms with Crippen molar-refractivity contribution in [1.29, 1.82) is 0 Å². The second-order valence-electron chi connectivity index (χ2n) is 8.80. The van der Waals surface area contributed by atoms with E-state index in [2.05, 4.69) is 4.65 Å². The lowest BCUT2D eigenvalue weighted by molar-refractivity contribution is 0.0126. The van der Waals surface area contributed by atoms with Gasteiger partial charge >= 0.3 is 13.4 Å². The summed E-state index contributed by atoms with van der Waals surface area (Å²) in [6, 6.07) is 0.965. The van der Waals surface area contributed by atoms with Crippen LogP contribution in [0.3, 0.4) is 0 Å². The predicted molar refractivity (Wildman–Crippen MR) is 114 cm³/mol. The second kappa shape index (κ2) is 7.95. The molecule has 12 heteroatoms. The lowest BCUT2D eigenvalue weighted by Crippen LogP contribution is -2.44. The van der Waals surface area contributed by atoms with Gasteiger partial charge in [0.1, 0.15) is 16.9 Å². The van der Waals surface area contributed by atoms with E-state index in [0.717, 1.165) is 25.3 Å². The number of carbonyl (C=O) groups is 1. The Morgan fingerprint density at radius 1 is 1.36 bits per heavy atom. The monoisotopic (exact) mass is 465 g/mol. The smallest absolute Gasteiger partial charge is 0.492 e. The highest BCUT2D eigenvalue weighted by Gasteiger charge is 2.51. The molecule has 2 aliphatic heterocycles. The van der Waals surface area contributed by atoms with Gasteiger partial charge in [-0.15, -0.1) is 0 Å². The standard InChI is InChI=1S/C21H23BF3N3O5/c1-31-19-16-13(18(29)14(20(30)33-22(24)25)8-28(16)12-2-3-12)6-15(23)17(19)27-7-11-4-5-32-21(11,9-26)10-27/h6,8,11-12H,2-5,7,9-10,26H2,1H3. The lowest BCUT2D eigenvalue weighted by Gasteiger charge is -2.28. The molecule has 2 saturated heterocycles. The Bertz CT molecular complexity index is 1190. The zero-order chi connectivity index (χ0) is 23.5. The maximum Gasteiger partial charge on any atom is 0.798 e. The number of hydrogen-bond donors (Lipinski definition) is 1. The number of benzene rings is 1. The molecular formula is C21H23BF3N3O5. The summed E-state index contributed by atoms with van der Waals surface area (Å²) in [4.78, 5) is 27.0. The van der Waals surface area contributed by atoms with E-state index in [1.54, 1.807) is 4.57 Å². The zero-order valence-electron chi connectivity index (χ0n) is 18.0. The van der Waals surface area contributed by atoms with Crippen LogP contribution >= 0.6 is 0 Å². The Kier molecular flexibility index (Phi) is 5.32. The summed E-state index contributed by atoms with van der Waals surface area (Å²) in [5, 5.41) is -0.132. The normalized spacial score (nSPS) is 24.3. The van der Waals surface area contributed by atoms with E-state index in [1.165, 1.54) is 13.3 Å². The number of pyridine rings is 1. The number of methoxy groups -OCH3 is 1. The van der Waals surface area contributed by atoms with Crippen molar-refractivity contribution in [3.8, 4) is 5.75 Å². The van der Waals surface area contributed by atoms with Crippen molar-refractivity contribution in [3.05, 3.63) is 33.9 Å². The summed E-state index contributed by atoms with van der Waals surface area (Å²) in [5.74, 6) is -1.89. The van der Waals surface area contributed by atoms with Crippen molar-refractivity contribution in [2.24, 2.45) is 11.7 Å². The first-order chi connectivity index (χ1) is 15.8. The van der Waals surface area contributed by atoms with Gasteiger partial charge < -0.3 is 29.3 Å². The molecule has 1 aliphatic carbocycles. The molecule has 2 atom stereocenters. The number of halogens is 3. The van der Waals surface area contributed by atoms with E-state index in [0.29, 0.717) is 31.8 Å². The van der Waals surface area contributed by atoms with E-state index in [4.69, 9.17) is 15.2 Å². The van der Waals surface area contributed by atoms with Crippen molar-refractivity contribution in [1.82, 2.24) is 4.57 Å². The molecule has 2 N–H and O–H groups in total. The molecule has 5 rings (SSSR count). The molecule has 0 radical (unpaired) electrons. The molecule has 3 fully saturated rings. The van der Waals surface area contributed by atoms with Crippen molar-refractivity contribution in [3.63, 3.8) is 0 Å². The van der Waals surface area contributed by atoms with Gasteiger partial charge in [0.25, 0.3) is 0 Å². The molecular weight excluding hydrogens is 442 g/mol. The fraction of sp³-hybridized carbons (Fsp3) is 0.524. The van der Waals surface area contributed by atoms with Crippen LogP contribution in [0.4, 0.5) is 18.7 Å². The van der Waals surface area contributed by atoms with Crippen LogP contribution in [0, 0.1) is 11.7 Å². The number of fused-ring (bicyclic) bond motifs is 2. The number of hydrogen-bond acceptors (Lipinski definition) is 7. The Morgan fingerprint density at radius 2 is 2.12 bits per heavy atom. The average molecular weight is 465 g/mol. The molecule has 8 nitrogen and oxygen atoms in total. The summed E-state index contributed by atoms with van der Waals surface area (Å²) < 4.78 is 57.8. The SMILES string of the molecule is COc1c(N2CC3CCOC3(CN)C2)c(F)cc2c(=O)c(C(=O)OB(F)F)cn(C3CC3)c12. The van der Waals surface area contributed by atoms with Gasteiger partial charge in [0.15, 0.2) is 11.6 Å². The topological polar surface area (TPSA) is 96.0 Å². The quantitative estimate of drug-likeness (QED) is 0.654. The number of anilines is 1. The fourth-order valence-electron chi connectivity index (χ4n) is 5.19. The number of nitrogens with two attached hydrogens (primary N) is 1. The van der Waals surface area contributed by atoms with Gasteiger partial charge in [0.2, 0.25) is 5.43 Å². The molecule has 0 spiro atoms. The number of carbonyl (C=O) groups excluding carboxylic acids is 1. The van der Waals surface area contributed by atoms with Crippen LogP contribution in [0.15, 0.2) is 17.1 Å². The van der Waals surface area contributed by atoms with E-state index in [9.17, 15) is 18.2 Å². The zero-order valence-corrected chi connectivity index (χ0v) is 18.0. The molecule has 0 bridgehead atoms. The Hall–Kier alpha value is -2.73. The molecule has 176 valence electrons. The Balaban J connectivity index is 1.69. The van der Waals surface area contributed by atoms with E-state index in [1.807, 2.05) is 4.90 Å². The van der Waals surface area contributed by atoms with Crippen LogP contribution in [0.1, 0.15) is 35.7 Å². The largest absolute Gasteiger partial charge is 0.798 e. The summed E-state index contributed by atoms with van der Waals surface area (Å²) >= 11 is 0. The molecule has 3 aliphatic rings. The summed E-state index contributed by atoms with van der Waals surface area (Å²) in [7, 11) is -1.99. The van der Waals surface area contributed by atoms with Crippen molar-refractivity contribution >= 4 is 30.0 Å². The van der Waals surface area contributed by atoms with Crippen LogP contribution < -0.4 is 20.8 Å². The van der Waals surface area contributed by atoms with Gasteiger partial charge in [-0.05, 0) is 25.3 Å². The predicted octanol–water partition coefficient (Wildman–Crippen LogP) is 2.12. The summed E-state index contributed by atoms with van der Waals surface area (Å²) in [5.41, 5.74) is 4.47. The maximum atomic E-state index is 15.5. The van der Waals surface area contributed by atoms with Gasteiger partial charge in [-0.3, -0.25) is 4.79 Å². The van der Waals surface area contributed by atoms with Crippen LogP contribution in [0.25, 0.3) is 10.9 Å². The molecule has 33 heavy (non-hydrogen) atoms. The van der Waals surface area contributed by atoms with Crippen LogP contribution in [-0.4, -0.2) is 57.0 Å². The maximum absolute atomic E-state index is 15.5. The first-order valence-corrected chi connectivity index (χ1v) is 10.8.